The van der Waals surface area contributed by atoms with Crippen molar-refractivity contribution in [3.8, 4) is 11.5 Å². The standard InChI is InChI=1S/C19H21NO5S3/c1-25-15-11-13(12-28(23,24)17-6-4-10-27-17)19(26-2)14(18(15)22)7-9-20-8-3-5-16(20)21/h4,6-7,9-11,22H,3,5,8,12H2,1-2H3/b9-7+. The van der Waals surface area contributed by atoms with E-state index in [4.69, 9.17) is 4.74 Å². The smallest absolute Gasteiger partial charge is 0.226 e. The van der Waals surface area contributed by atoms with Crippen LogP contribution in [0.1, 0.15) is 24.0 Å². The van der Waals surface area contributed by atoms with Gasteiger partial charge in [0.1, 0.15) is 4.21 Å². The summed E-state index contributed by atoms with van der Waals surface area (Å²) < 4.78 is 31.1. The molecule has 0 unspecified atom stereocenters. The third-order valence-electron chi connectivity index (χ3n) is 4.43. The van der Waals surface area contributed by atoms with Crippen molar-refractivity contribution >= 4 is 44.9 Å². The summed E-state index contributed by atoms with van der Waals surface area (Å²) in [4.78, 5) is 14.1. The quantitative estimate of drug-likeness (QED) is 0.662. The molecule has 1 fully saturated rings. The van der Waals surface area contributed by atoms with Gasteiger partial charge in [0, 0.05) is 29.6 Å². The van der Waals surface area contributed by atoms with E-state index in [-0.39, 0.29) is 23.2 Å². The number of phenols is 1. The predicted octanol–water partition coefficient (Wildman–Crippen LogP) is 3.75. The third-order valence-corrected chi connectivity index (χ3v) is 8.48. The summed E-state index contributed by atoms with van der Waals surface area (Å²) in [5.41, 5.74) is 0.992. The summed E-state index contributed by atoms with van der Waals surface area (Å²) in [6.45, 7) is 0.633. The van der Waals surface area contributed by atoms with Crippen LogP contribution in [0.15, 0.2) is 38.9 Å². The van der Waals surface area contributed by atoms with Crippen molar-refractivity contribution in [2.45, 2.75) is 27.7 Å². The minimum Gasteiger partial charge on any atom is -0.504 e. The lowest BCUT2D eigenvalue weighted by Crippen LogP contribution is -2.17. The Kier molecular flexibility index (Phi) is 6.36. The van der Waals surface area contributed by atoms with Crippen molar-refractivity contribution in [3.63, 3.8) is 0 Å². The van der Waals surface area contributed by atoms with Crippen LogP contribution in [0, 0.1) is 0 Å². The lowest BCUT2D eigenvalue weighted by atomic mass is 10.1. The number of carbonyl (C=O) groups is 1. The van der Waals surface area contributed by atoms with E-state index < -0.39 is 9.84 Å². The van der Waals surface area contributed by atoms with Crippen LogP contribution in [0.4, 0.5) is 0 Å². The Morgan fingerprint density at radius 1 is 1.43 bits per heavy atom. The molecule has 28 heavy (non-hydrogen) atoms. The zero-order valence-electron chi connectivity index (χ0n) is 15.5. The van der Waals surface area contributed by atoms with Crippen molar-refractivity contribution in [2.75, 3.05) is 19.9 Å². The fourth-order valence-corrected chi connectivity index (χ4v) is 6.38. The van der Waals surface area contributed by atoms with Gasteiger partial charge in [0.2, 0.25) is 5.91 Å². The zero-order chi connectivity index (χ0) is 20.3. The average Bonchev–Trinajstić information content (AvgIpc) is 3.33. The summed E-state index contributed by atoms with van der Waals surface area (Å²) in [7, 11) is -2.10. The van der Waals surface area contributed by atoms with Crippen LogP contribution in [-0.4, -0.2) is 44.2 Å². The number of sulfone groups is 1. The van der Waals surface area contributed by atoms with Gasteiger partial charge in [-0.1, -0.05) is 6.07 Å². The maximum atomic E-state index is 12.8. The van der Waals surface area contributed by atoms with E-state index in [2.05, 4.69) is 0 Å². The van der Waals surface area contributed by atoms with Gasteiger partial charge in [0.15, 0.2) is 21.3 Å². The van der Waals surface area contributed by atoms with Gasteiger partial charge in [-0.25, -0.2) is 8.42 Å². The molecule has 0 saturated carbocycles. The van der Waals surface area contributed by atoms with E-state index in [1.54, 1.807) is 40.8 Å². The van der Waals surface area contributed by atoms with Crippen molar-refractivity contribution < 1.29 is 23.1 Å². The fourth-order valence-electron chi connectivity index (χ4n) is 3.07. The maximum Gasteiger partial charge on any atom is 0.226 e. The molecule has 0 spiro atoms. The van der Waals surface area contributed by atoms with Crippen LogP contribution in [0.3, 0.4) is 0 Å². The van der Waals surface area contributed by atoms with E-state index in [9.17, 15) is 18.3 Å². The number of hydrogen-bond acceptors (Lipinski definition) is 7. The number of phenolic OH excluding ortho intramolecular Hbond substituents is 1. The number of benzene rings is 1. The minimum atomic E-state index is -3.52. The van der Waals surface area contributed by atoms with Gasteiger partial charge in [0.25, 0.3) is 0 Å². The third kappa shape index (κ3) is 4.21. The number of amides is 1. The summed E-state index contributed by atoms with van der Waals surface area (Å²) in [6.07, 6.45) is 6.41. The molecule has 3 rings (SSSR count). The molecule has 1 amide bonds. The second-order valence-electron chi connectivity index (χ2n) is 6.23. The number of nitrogens with zero attached hydrogens (tertiary/aromatic N) is 1. The number of thioether (sulfide) groups is 1. The number of aromatic hydroxyl groups is 1. The second-order valence-corrected chi connectivity index (χ2v) is 10.2. The molecule has 0 aliphatic carbocycles. The Labute approximate surface area is 172 Å². The molecular weight excluding hydrogens is 418 g/mol. The lowest BCUT2D eigenvalue weighted by molar-refractivity contribution is -0.125. The normalized spacial score (nSPS) is 14.9. The van der Waals surface area contributed by atoms with Crippen molar-refractivity contribution in [1.82, 2.24) is 4.90 Å². The molecule has 1 aromatic heterocycles. The molecule has 1 aromatic carbocycles. The van der Waals surface area contributed by atoms with Gasteiger partial charge in [-0.15, -0.1) is 23.1 Å². The highest BCUT2D eigenvalue weighted by molar-refractivity contribution is 7.98. The van der Waals surface area contributed by atoms with Crippen molar-refractivity contribution in [2.24, 2.45) is 0 Å². The monoisotopic (exact) mass is 439 g/mol. The number of rotatable bonds is 7. The van der Waals surface area contributed by atoms with E-state index in [0.29, 0.717) is 33.2 Å². The Morgan fingerprint density at radius 2 is 2.21 bits per heavy atom. The average molecular weight is 440 g/mol. The van der Waals surface area contributed by atoms with E-state index in [0.717, 1.165) is 6.42 Å². The molecule has 2 aromatic rings. The molecule has 1 aliphatic rings. The van der Waals surface area contributed by atoms with Crippen LogP contribution in [0.2, 0.25) is 0 Å². The Bertz CT molecular complexity index is 997. The number of likely N-dealkylation sites (tertiary alicyclic amines) is 1. The minimum absolute atomic E-state index is 0.0323. The molecule has 9 heteroatoms. The molecule has 0 radical (unpaired) electrons. The number of methoxy groups -OCH3 is 1. The van der Waals surface area contributed by atoms with Gasteiger partial charge in [-0.2, -0.15) is 0 Å². The number of ether oxygens (including phenoxy) is 1. The predicted molar refractivity (Wildman–Crippen MR) is 112 cm³/mol. The molecule has 1 aliphatic heterocycles. The highest BCUT2D eigenvalue weighted by atomic mass is 32.2. The zero-order valence-corrected chi connectivity index (χ0v) is 18.0. The van der Waals surface area contributed by atoms with Gasteiger partial charge in [-0.3, -0.25) is 4.79 Å². The number of carbonyl (C=O) groups excluding carboxylic acids is 1. The van der Waals surface area contributed by atoms with Crippen molar-refractivity contribution in [3.05, 3.63) is 40.9 Å². The largest absolute Gasteiger partial charge is 0.504 e. The molecule has 6 nitrogen and oxygen atoms in total. The maximum absolute atomic E-state index is 12.8. The lowest BCUT2D eigenvalue weighted by Gasteiger charge is -2.16. The fraction of sp³-hybridized carbons (Fsp3) is 0.316. The topological polar surface area (TPSA) is 83.9 Å². The Morgan fingerprint density at radius 3 is 2.79 bits per heavy atom. The Balaban J connectivity index is 2.05. The van der Waals surface area contributed by atoms with Crippen LogP contribution >= 0.6 is 23.1 Å². The highest BCUT2D eigenvalue weighted by Crippen LogP contribution is 2.41. The molecule has 2 heterocycles. The van der Waals surface area contributed by atoms with Crippen LogP contribution < -0.4 is 4.74 Å². The van der Waals surface area contributed by atoms with Crippen LogP contribution in [0.25, 0.3) is 6.08 Å². The Hall–Kier alpha value is -1.97. The van der Waals surface area contributed by atoms with E-state index >= 15 is 0 Å². The van der Waals surface area contributed by atoms with E-state index in [1.807, 2.05) is 6.26 Å². The van der Waals surface area contributed by atoms with Gasteiger partial charge in [0.05, 0.1) is 12.9 Å². The van der Waals surface area contributed by atoms with E-state index in [1.165, 1.54) is 30.2 Å². The molecule has 0 bridgehead atoms. The first kappa shape index (κ1) is 20.8. The molecular formula is C19H21NO5S3. The van der Waals surface area contributed by atoms with Crippen LogP contribution in [-0.2, 0) is 20.4 Å². The first-order valence-electron chi connectivity index (χ1n) is 8.58. The van der Waals surface area contributed by atoms with Crippen LogP contribution in [0.5, 0.6) is 11.5 Å². The summed E-state index contributed by atoms with van der Waals surface area (Å²) in [5, 5.41) is 12.3. The summed E-state index contributed by atoms with van der Waals surface area (Å²) in [6, 6.07) is 4.84. The number of thiophene rings is 1. The first-order valence-corrected chi connectivity index (χ1v) is 12.3. The molecule has 150 valence electrons. The summed E-state index contributed by atoms with van der Waals surface area (Å²) in [5.74, 6) is -0.0532. The molecule has 0 atom stereocenters. The van der Waals surface area contributed by atoms with Gasteiger partial charge in [-0.05, 0) is 41.8 Å². The highest BCUT2D eigenvalue weighted by Gasteiger charge is 2.24. The van der Waals surface area contributed by atoms with Gasteiger partial charge < -0.3 is 14.7 Å². The van der Waals surface area contributed by atoms with Gasteiger partial charge >= 0.3 is 0 Å². The second kappa shape index (κ2) is 8.59. The first-order chi connectivity index (χ1) is 13.4. The van der Waals surface area contributed by atoms with Crippen molar-refractivity contribution in [1.29, 1.82) is 0 Å². The molecule has 1 saturated heterocycles. The number of hydrogen-bond donors (Lipinski definition) is 1. The molecule has 1 N–H and O–H groups in total. The summed E-state index contributed by atoms with van der Waals surface area (Å²) >= 11 is 2.52. The SMILES string of the molecule is COc1cc(CS(=O)(=O)c2cccs2)c(SC)c(/C=C/N2CCCC2=O)c1O.